The molecule has 0 aliphatic carbocycles. The van der Waals surface area contributed by atoms with Gasteiger partial charge >= 0.3 is 0 Å². The number of fused-ring (bicyclic) bond motifs is 4. The molecule has 5 aromatic rings. The number of carbonyl (C=O) groups is 2. The third-order valence-electron chi connectivity index (χ3n) is 6.68. The van der Waals surface area contributed by atoms with Crippen molar-refractivity contribution < 1.29 is 14.0 Å². The molecule has 9 nitrogen and oxygen atoms in total. The maximum atomic E-state index is 13.7. The number of H-pyrrole nitrogens is 2. The summed E-state index contributed by atoms with van der Waals surface area (Å²) in [6.45, 7) is 0.693. The Morgan fingerprint density at radius 3 is 2.94 bits per heavy atom. The second-order valence-electron chi connectivity index (χ2n) is 8.70. The van der Waals surface area contributed by atoms with Crippen LogP contribution < -0.4 is 10.6 Å². The van der Waals surface area contributed by atoms with Crippen molar-refractivity contribution in [3.63, 3.8) is 0 Å². The second kappa shape index (κ2) is 8.35. The highest BCUT2D eigenvalue weighted by atomic mass is 16.3. The molecule has 4 heterocycles. The Bertz CT molecular complexity index is 1560. The van der Waals surface area contributed by atoms with E-state index in [0.29, 0.717) is 19.5 Å². The minimum atomic E-state index is -0.632. The van der Waals surface area contributed by atoms with Gasteiger partial charge in [0.1, 0.15) is 6.04 Å². The number of amides is 2. The molecule has 176 valence electrons. The van der Waals surface area contributed by atoms with E-state index < -0.39 is 6.04 Å². The van der Waals surface area contributed by atoms with E-state index in [9.17, 15) is 9.59 Å². The fourth-order valence-electron chi connectivity index (χ4n) is 4.86. The first-order valence-electron chi connectivity index (χ1n) is 11.5. The number of para-hydroxylation sites is 1. The molecule has 0 fully saturated rings. The molecule has 3 aromatic heterocycles. The first kappa shape index (κ1) is 21.0. The van der Waals surface area contributed by atoms with Crippen LogP contribution in [0.1, 0.15) is 27.4 Å². The molecule has 0 spiro atoms. The lowest BCUT2D eigenvalue weighted by molar-refractivity contribution is -0.125. The lowest BCUT2D eigenvalue weighted by atomic mass is 9.95. The molecule has 2 aromatic carbocycles. The molecule has 0 unspecified atom stereocenters. The van der Waals surface area contributed by atoms with Crippen molar-refractivity contribution in [1.29, 1.82) is 0 Å². The molecule has 35 heavy (non-hydrogen) atoms. The highest BCUT2D eigenvalue weighted by molar-refractivity contribution is 5.98. The summed E-state index contributed by atoms with van der Waals surface area (Å²) in [6, 6.07) is 15.0. The van der Waals surface area contributed by atoms with E-state index in [1.54, 1.807) is 24.2 Å². The van der Waals surface area contributed by atoms with Gasteiger partial charge in [0, 0.05) is 53.2 Å². The number of aromatic amines is 2. The van der Waals surface area contributed by atoms with Crippen LogP contribution in [0.15, 0.2) is 65.4 Å². The SMILES string of the molecule is CNC(=O)[C@H]1Cc2c([nH]c3ccccc23)CN1C(=O)c1occc1CNc1ccc2cn[nH]c2c1. The largest absolute Gasteiger partial charge is 0.459 e. The summed E-state index contributed by atoms with van der Waals surface area (Å²) in [5.74, 6) is -0.282. The van der Waals surface area contributed by atoms with Crippen LogP contribution in [0, 0.1) is 0 Å². The predicted octanol–water partition coefficient (Wildman–Crippen LogP) is 3.56. The van der Waals surface area contributed by atoms with Crippen LogP contribution in [0.4, 0.5) is 5.69 Å². The summed E-state index contributed by atoms with van der Waals surface area (Å²) in [6.07, 6.45) is 3.71. The van der Waals surface area contributed by atoms with Gasteiger partial charge < -0.3 is 24.9 Å². The van der Waals surface area contributed by atoms with Gasteiger partial charge in [-0.1, -0.05) is 18.2 Å². The summed E-state index contributed by atoms with van der Waals surface area (Å²) >= 11 is 0. The third kappa shape index (κ3) is 3.61. The molecule has 4 N–H and O–H groups in total. The Labute approximate surface area is 200 Å². The molecule has 6 rings (SSSR count). The highest BCUT2D eigenvalue weighted by Crippen LogP contribution is 2.32. The van der Waals surface area contributed by atoms with E-state index in [1.165, 1.54) is 6.26 Å². The lowest BCUT2D eigenvalue weighted by Crippen LogP contribution is -2.52. The van der Waals surface area contributed by atoms with Gasteiger partial charge in [-0.05, 0) is 35.9 Å². The summed E-state index contributed by atoms with van der Waals surface area (Å²) in [5.41, 5.74) is 5.56. The molecule has 1 atom stereocenters. The Hall–Kier alpha value is -4.53. The minimum absolute atomic E-state index is 0.201. The van der Waals surface area contributed by atoms with Crippen LogP contribution in [0.2, 0.25) is 0 Å². The number of nitrogens with one attached hydrogen (secondary N) is 4. The molecule has 0 bridgehead atoms. The quantitative estimate of drug-likeness (QED) is 0.315. The van der Waals surface area contributed by atoms with Crippen LogP contribution >= 0.6 is 0 Å². The monoisotopic (exact) mass is 468 g/mol. The zero-order valence-electron chi connectivity index (χ0n) is 19.1. The fraction of sp³-hybridized carbons (Fsp3) is 0.192. The summed E-state index contributed by atoms with van der Waals surface area (Å²) in [7, 11) is 1.59. The number of likely N-dealkylation sites (N-methyl/N-ethyl adjacent to an activating group) is 1. The molecule has 0 saturated heterocycles. The van der Waals surface area contributed by atoms with E-state index in [-0.39, 0.29) is 17.6 Å². The molecule has 1 aliphatic rings. The van der Waals surface area contributed by atoms with Crippen LogP contribution in [0.25, 0.3) is 21.8 Å². The topological polar surface area (TPSA) is 119 Å². The standard InChI is InChI=1S/C26H24N6O3/c1-27-25(33)23-11-19-18-4-2-3-5-20(18)30-22(19)14-32(23)26(34)24-16(8-9-35-24)12-28-17-7-6-15-13-29-31-21(15)10-17/h2-10,13,23,28,30H,11-12,14H2,1H3,(H,27,33)(H,29,31)/t23-/m1/s1. The predicted molar refractivity (Wildman–Crippen MR) is 132 cm³/mol. The van der Waals surface area contributed by atoms with Crippen molar-refractivity contribution >= 4 is 39.3 Å². The van der Waals surface area contributed by atoms with Gasteiger partial charge in [0.25, 0.3) is 5.91 Å². The fourth-order valence-corrected chi connectivity index (χ4v) is 4.86. The van der Waals surface area contributed by atoms with Gasteiger partial charge in [0.15, 0.2) is 5.76 Å². The Morgan fingerprint density at radius 1 is 1.17 bits per heavy atom. The Kier molecular flexibility index (Phi) is 5.02. The van der Waals surface area contributed by atoms with Crippen molar-refractivity contribution in [2.75, 3.05) is 12.4 Å². The van der Waals surface area contributed by atoms with Crippen LogP contribution in [-0.2, 0) is 24.3 Å². The number of carbonyl (C=O) groups excluding carboxylic acids is 2. The third-order valence-corrected chi connectivity index (χ3v) is 6.68. The van der Waals surface area contributed by atoms with Crippen LogP contribution in [0.3, 0.4) is 0 Å². The molecule has 2 amide bonds. The van der Waals surface area contributed by atoms with Gasteiger partial charge in [0.05, 0.1) is 24.5 Å². The smallest absolute Gasteiger partial charge is 0.290 e. The van der Waals surface area contributed by atoms with Crippen molar-refractivity contribution in [3.05, 3.63) is 83.6 Å². The second-order valence-corrected chi connectivity index (χ2v) is 8.70. The lowest BCUT2D eigenvalue weighted by Gasteiger charge is -2.34. The number of rotatable bonds is 5. The van der Waals surface area contributed by atoms with Gasteiger partial charge in [0.2, 0.25) is 5.91 Å². The number of hydrogen-bond acceptors (Lipinski definition) is 5. The minimum Gasteiger partial charge on any atom is -0.459 e. The highest BCUT2D eigenvalue weighted by Gasteiger charge is 2.38. The molecule has 1 aliphatic heterocycles. The maximum absolute atomic E-state index is 13.7. The van der Waals surface area contributed by atoms with Crippen LogP contribution in [-0.4, -0.2) is 45.0 Å². The van der Waals surface area contributed by atoms with E-state index in [4.69, 9.17) is 4.42 Å². The average molecular weight is 469 g/mol. The average Bonchev–Trinajstić information content (AvgIpc) is 3.63. The van der Waals surface area contributed by atoms with Crippen molar-refractivity contribution in [2.24, 2.45) is 0 Å². The number of anilines is 1. The van der Waals surface area contributed by atoms with Crippen molar-refractivity contribution in [3.8, 4) is 0 Å². The number of benzene rings is 2. The van der Waals surface area contributed by atoms with Gasteiger partial charge in [-0.15, -0.1) is 0 Å². The van der Waals surface area contributed by atoms with E-state index in [1.807, 2.05) is 42.5 Å². The molecule has 0 saturated carbocycles. The number of furan rings is 1. The molecule has 0 radical (unpaired) electrons. The van der Waals surface area contributed by atoms with Gasteiger partial charge in [-0.3, -0.25) is 14.7 Å². The Morgan fingerprint density at radius 2 is 2.06 bits per heavy atom. The first-order chi connectivity index (χ1) is 17.1. The summed E-state index contributed by atoms with van der Waals surface area (Å²) in [4.78, 5) is 31.5. The molecular formula is C26H24N6O3. The van der Waals surface area contributed by atoms with Gasteiger partial charge in [-0.2, -0.15) is 5.10 Å². The van der Waals surface area contributed by atoms with E-state index in [0.717, 1.165) is 44.3 Å². The zero-order chi connectivity index (χ0) is 23.9. The first-order valence-corrected chi connectivity index (χ1v) is 11.5. The van der Waals surface area contributed by atoms with Crippen molar-refractivity contribution in [1.82, 2.24) is 25.4 Å². The van der Waals surface area contributed by atoms with Gasteiger partial charge in [-0.25, -0.2) is 0 Å². The van der Waals surface area contributed by atoms with E-state index in [2.05, 4.69) is 25.8 Å². The maximum Gasteiger partial charge on any atom is 0.290 e. The molecular weight excluding hydrogens is 444 g/mol. The van der Waals surface area contributed by atoms with Crippen LogP contribution in [0.5, 0.6) is 0 Å². The zero-order valence-corrected chi connectivity index (χ0v) is 19.1. The number of nitrogens with zero attached hydrogens (tertiary/aromatic N) is 2. The van der Waals surface area contributed by atoms with Crippen molar-refractivity contribution in [2.45, 2.75) is 25.6 Å². The summed E-state index contributed by atoms with van der Waals surface area (Å²) < 4.78 is 5.65. The number of aromatic nitrogens is 3. The van der Waals surface area contributed by atoms with E-state index >= 15 is 0 Å². The normalized spacial score (nSPS) is 15.3. The summed E-state index contributed by atoms with van der Waals surface area (Å²) in [5, 5.41) is 15.2. The molecule has 9 heteroatoms. The number of hydrogen-bond donors (Lipinski definition) is 4. The Balaban J connectivity index is 1.28.